The van der Waals surface area contributed by atoms with Gasteiger partial charge in [-0.1, -0.05) is 23.4 Å². The van der Waals surface area contributed by atoms with E-state index in [1.165, 1.54) is 0 Å². The third-order valence-corrected chi connectivity index (χ3v) is 6.07. The van der Waals surface area contributed by atoms with Crippen LogP contribution in [0.25, 0.3) is 0 Å². The van der Waals surface area contributed by atoms with Gasteiger partial charge >= 0.3 is 0 Å². The van der Waals surface area contributed by atoms with Crippen LogP contribution in [0.3, 0.4) is 0 Å². The quantitative estimate of drug-likeness (QED) is 0.858. The zero-order valence-electron chi connectivity index (χ0n) is 16.7. The lowest BCUT2D eigenvalue weighted by atomic mass is 10.0. The van der Waals surface area contributed by atoms with Gasteiger partial charge in [0.1, 0.15) is 5.75 Å². The molecule has 0 saturated carbocycles. The van der Waals surface area contributed by atoms with E-state index in [1.807, 2.05) is 34.7 Å². The summed E-state index contributed by atoms with van der Waals surface area (Å²) < 4.78 is 7.45. The van der Waals surface area contributed by atoms with Crippen LogP contribution in [0.2, 0.25) is 0 Å². The molecule has 2 saturated heterocycles. The third kappa shape index (κ3) is 3.63. The summed E-state index contributed by atoms with van der Waals surface area (Å²) in [5.74, 6) is 0.893. The SMILES string of the molecule is COc1ccccc1CC1CCCN1C(=O)c1nnn(C2CCNCC2)c1C. The summed E-state index contributed by atoms with van der Waals surface area (Å²) in [6.45, 7) is 4.72. The van der Waals surface area contributed by atoms with Gasteiger partial charge in [-0.3, -0.25) is 4.79 Å². The molecule has 2 fully saturated rings. The molecule has 2 aromatic rings. The highest BCUT2D eigenvalue weighted by Crippen LogP contribution is 2.28. The van der Waals surface area contributed by atoms with E-state index in [0.29, 0.717) is 11.7 Å². The van der Waals surface area contributed by atoms with Crippen LogP contribution in [0.1, 0.15) is 53.5 Å². The Morgan fingerprint density at radius 1 is 1.25 bits per heavy atom. The summed E-state index contributed by atoms with van der Waals surface area (Å²) in [4.78, 5) is 15.3. The molecule has 3 heterocycles. The first-order valence-corrected chi connectivity index (χ1v) is 10.2. The Kier molecular flexibility index (Phi) is 5.62. The molecule has 1 aromatic carbocycles. The van der Waals surface area contributed by atoms with E-state index >= 15 is 0 Å². The Morgan fingerprint density at radius 2 is 2.04 bits per heavy atom. The van der Waals surface area contributed by atoms with Gasteiger partial charge in [-0.05, 0) is 63.7 Å². The van der Waals surface area contributed by atoms with Crippen molar-refractivity contribution in [3.05, 3.63) is 41.2 Å². The lowest BCUT2D eigenvalue weighted by molar-refractivity contribution is 0.0729. The van der Waals surface area contributed by atoms with Gasteiger partial charge in [-0.15, -0.1) is 5.10 Å². The summed E-state index contributed by atoms with van der Waals surface area (Å²) in [6, 6.07) is 8.56. The minimum absolute atomic E-state index is 0.00934. The second kappa shape index (κ2) is 8.31. The number of carbonyl (C=O) groups is 1. The maximum Gasteiger partial charge on any atom is 0.276 e. The van der Waals surface area contributed by atoms with Crippen molar-refractivity contribution in [1.29, 1.82) is 0 Å². The van der Waals surface area contributed by atoms with Crippen molar-refractivity contribution in [2.45, 2.75) is 51.1 Å². The van der Waals surface area contributed by atoms with E-state index in [-0.39, 0.29) is 11.9 Å². The normalized spacial score (nSPS) is 20.5. The Bertz CT molecular complexity index is 828. The van der Waals surface area contributed by atoms with Crippen molar-refractivity contribution in [2.75, 3.05) is 26.7 Å². The Labute approximate surface area is 166 Å². The van der Waals surface area contributed by atoms with Gasteiger partial charge in [0.05, 0.1) is 18.8 Å². The number of piperidine rings is 1. The van der Waals surface area contributed by atoms with Crippen molar-refractivity contribution in [1.82, 2.24) is 25.2 Å². The highest BCUT2D eigenvalue weighted by Gasteiger charge is 2.33. The summed E-state index contributed by atoms with van der Waals surface area (Å²) in [6.07, 6.45) is 4.88. The van der Waals surface area contributed by atoms with Crippen molar-refractivity contribution in [3.63, 3.8) is 0 Å². The molecule has 1 N–H and O–H groups in total. The molecule has 0 bridgehead atoms. The minimum atomic E-state index is 0.00934. The second-order valence-corrected chi connectivity index (χ2v) is 7.76. The average molecular weight is 383 g/mol. The molecule has 1 atom stereocenters. The number of para-hydroxylation sites is 1. The smallest absolute Gasteiger partial charge is 0.276 e. The average Bonchev–Trinajstić information content (AvgIpc) is 3.35. The van der Waals surface area contributed by atoms with Gasteiger partial charge in [0.25, 0.3) is 5.91 Å². The fraction of sp³-hybridized carbons (Fsp3) is 0.571. The zero-order chi connectivity index (χ0) is 19.5. The number of rotatable bonds is 5. The number of benzene rings is 1. The Morgan fingerprint density at radius 3 is 2.82 bits per heavy atom. The van der Waals surface area contributed by atoms with E-state index in [1.54, 1.807) is 7.11 Å². The van der Waals surface area contributed by atoms with Crippen LogP contribution >= 0.6 is 0 Å². The highest BCUT2D eigenvalue weighted by atomic mass is 16.5. The van der Waals surface area contributed by atoms with Crippen molar-refractivity contribution < 1.29 is 9.53 Å². The second-order valence-electron chi connectivity index (χ2n) is 7.76. The number of likely N-dealkylation sites (tertiary alicyclic amines) is 1. The molecule has 0 spiro atoms. The molecule has 1 aromatic heterocycles. The lowest BCUT2D eigenvalue weighted by Gasteiger charge is -2.25. The van der Waals surface area contributed by atoms with Crippen LogP contribution in [-0.4, -0.2) is 58.6 Å². The third-order valence-electron chi connectivity index (χ3n) is 6.07. The van der Waals surface area contributed by atoms with Crippen molar-refractivity contribution >= 4 is 5.91 Å². The molecule has 7 heteroatoms. The zero-order valence-corrected chi connectivity index (χ0v) is 16.7. The standard InChI is InChI=1S/C21H29N5O2/c1-15-20(23-24-26(15)17-9-11-22-12-10-17)21(27)25-13-5-7-18(25)14-16-6-3-4-8-19(16)28-2/h3-4,6,8,17-18,22H,5,7,9-14H2,1-2H3. The number of nitrogens with one attached hydrogen (secondary N) is 1. The molecule has 2 aliphatic rings. The van der Waals surface area contributed by atoms with Crippen LogP contribution in [0.15, 0.2) is 24.3 Å². The van der Waals surface area contributed by atoms with Gasteiger partial charge < -0.3 is 15.0 Å². The van der Waals surface area contributed by atoms with E-state index in [4.69, 9.17) is 4.74 Å². The van der Waals surface area contributed by atoms with Crippen molar-refractivity contribution in [2.24, 2.45) is 0 Å². The van der Waals surface area contributed by atoms with Crippen LogP contribution in [0, 0.1) is 6.92 Å². The Balaban J connectivity index is 1.51. The number of carbonyl (C=O) groups excluding carboxylic acids is 1. The number of aromatic nitrogens is 3. The first-order valence-electron chi connectivity index (χ1n) is 10.2. The van der Waals surface area contributed by atoms with E-state index in [2.05, 4.69) is 21.7 Å². The predicted octanol–water partition coefficient (Wildman–Crippen LogP) is 2.37. The molecular formula is C21H29N5O2. The van der Waals surface area contributed by atoms with Crippen LogP contribution < -0.4 is 10.1 Å². The van der Waals surface area contributed by atoms with Gasteiger partial charge in [-0.2, -0.15) is 0 Å². The first kappa shape index (κ1) is 18.9. The molecule has 150 valence electrons. The van der Waals surface area contributed by atoms with Crippen LogP contribution in [-0.2, 0) is 6.42 Å². The number of amides is 1. The molecule has 1 unspecified atom stereocenters. The van der Waals surface area contributed by atoms with Gasteiger partial charge in [0.2, 0.25) is 0 Å². The van der Waals surface area contributed by atoms with Gasteiger partial charge in [-0.25, -0.2) is 4.68 Å². The summed E-state index contributed by atoms with van der Waals surface area (Å²) >= 11 is 0. The number of nitrogens with zero attached hydrogens (tertiary/aromatic N) is 4. The molecule has 1 amide bonds. The molecule has 28 heavy (non-hydrogen) atoms. The fourth-order valence-electron chi connectivity index (χ4n) is 4.51. The maximum absolute atomic E-state index is 13.3. The van der Waals surface area contributed by atoms with Gasteiger partial charge in [0, 0.05) is 12.6 Å². The fourth-order valence-corrected chi connectivity index (χ4v) is 4.51. The number of methoxy groups -OCH3 is 1. The minimum Gasteiger partial charge on any atom is -0.496 e. The molecule has 0 aliphatic carbocycles. The largest absolute Gasteiger partial charge is 0.496 e. The number of hydrogen-bond acceptors (Lipinski definition) is 5. The van der Waals surface area contributed by atoms with Crippen LogP contribution in [0.4, 0.5) is 0 Å². The number of hydrogen-bond donors (Lipinski definition) is 1. The monoisotopic (exact) mass is 383 g/mol. The van der Waals surface area contributed by atoms with E-state index < -0.39 is 0 Å². The topological polar surface area (TPSA) is 72.3 Å². The summed E-state index contributed by atoms with van der Waals surface area (Å²) in [5, 5.41) is 12.0. The maximum atomic E-state index is 13.3. The van der Waals surface area contributed by atoms with E-state index in [9.17, 15) is 4.79 Å². The molecule has 4 rings (SSSR count). The first-order chi connectivity index (χ1) is 13.7. The Hall–Kier alpha value is -2.41. The summed E-state index contributed by atoms with van der Waals surface area (Å²) in [5.41, 5.74) is 2.54. The number of ether oxygens (including phenoxy) is 1. The van der Waals surface area contributed by atoms with Crippen LogP contribution in [0.5, 0.6) is 5.75 Å². The molecule has 2 aliphatic heterocycles. The van der Waals surface area contributed by atoms with Crippen molar-refractivity contribution in [3.8, 4) is 5.75 Å². The van der Waals surface area contributed by atoms with E-state index in [0.717, 1.165) is 68.7 Å². The lowest BCUT2D eigenvalue weighted by Crippen LogP contribution is -2.37. The highest BCUT2D eigenvalue weighted by molar-refractivity contribution is 5.93. The van der Waals surface area contributed by atoms with Gasteiger partial charge in [0.15, 0.2) is 5.69 Å². The molecular weight excluding hydrogens is 354 g/mol. The predicted molar refractivity (Wildman–Crippen MR) is 107 cm³/mol. The molecule has 7 nitrogen and oxygen atoms in total. The molecule has 0 radical (unpaired) electrons. The summed E-state index contributed by atoms with van der Waals surface area (Å²) in [7, 11) is 1.69.